The van der Waals surface area contributed by atoms with Crippen molar-refractivity contribution in [3.63, 3.8) is 0 Å². The molecule has 0 fully saturated rings. The van der Waals surface area contributed by atoms with E-state index in [1.54, 1.807) is 0 Å². The van der Waals surface area contributed by atoms with Gasteiger partial charge in [0, 0.05) is 0 Å². The Balaban J connectivity index is -0.000000416. The summed E-state index contributed by atoms with van der Waals surface area (Å²) in [6.45, 7) is 6.14. The number of carboxylic acids is 2. The van der Waals surface area contributed by atoms with Crippen molar-refractivity contribution >= 4 is 22.1 Å². The number of carbonyl (C=O) groups is 2. The molecule has 9 heteroatoms. The average Bonchev–Trinajstić information content (AvgIpc) is 2.53. The van der Waals surface area contributed by atoms with Gasteiger partial charge in [-0.2, -0.15) is 14.8 Å². The molecule has 7 nitrogen and oxygen atoms in total. The maximum atomic E-state index is 10.2. The summed E-state index contributed by atoms with van der Waals surface area (Å²) in [4.78, 5) is 20.0. The van der Waals surface area contributed by atoms with Gasteiger partial charge in [0.1, 0.15) is 0 Å². The minimum Gasteiger partial charge on any atom is -0.481 e. The predicted octanol–water partition coefficient (Wildman–Crippen LogP) is 1.33. The third kappa shape index (κ3) is 23.8. The molecule has 0 aliphatic carbocycles. The van der Waals surface area contributed by atoms with E-state index in [1.807, 2.05) is 0 Å². The van der Waals surface area contributed by atoms with Gasteiger partial charge in [0.05, 0.1) is 6.42 Å². The first-order valence-corrected chi connectivity index (χ1v) is 10.9. The molecular weight excluding hydrogens is 383 g/mol. The van der Waals surface area contributed by atoms with E-state index in [2.05, 4.69) is 13.8 Å². The van der Waals surface area contributed by atoms with Crippen LogP contribution >= 0.6 is 0 Å². The van der Waals surface area contributed by atoms with Crippen LogP contribution in [0.4, 0.5) is 0 Å². The third-order valence-electron chi connectivity index (χ3n) is 3.85. The van der Waals surface area contributed by atoms with E-state index in [1.165, 1.54) is 70.6 Å². The zero-order chi connectivity index (χ0) is 20.4. The van der Waals surface area contributed by atoms with Gasteiger partial charge in [-0.1, -0.05) is 77.6 Å². The van der Waals surface area contributed by atoms with Gasteiger partial charge in [-0.25, -0.2) is 0 Å². The Morgan fingerprint density at radius 3 is 1.44 bits per heavy atom. The third-order valence-corrected chi connectivity index (χ3v) is 4.94. The molecule has 1 atom stereocenters. The van der Waals surface area contributed by atoms with Crippen molar-refractivity contribution in [1.82, 2.24) is 0 Å². The number of carboxylic acid groups (broad SMARTS) is 2. The molecule has 0 aliphatic rings. The van der Waals surface area contributed by atoms with Gasteiger partial charge in [0.2, 0.25) is 0 Å². The Morgan fingerprint density at radius 1 is 0.852 bits per heavy atom. The van der Waals surface area contributed by atoms with Crippen LogP contribution in [-0.2, 0) is 19.7 Å². The van der Waals surface area contributed by atoms with Crippen molar-refractivity contribution in [3.8, 4) is 0 Å². The van der Waals surface area contributed by atoms with Crippen LogP contribution in [0.1, 0.15) is 90.4 Å². The van der Waals surface area contributed by atoms with E-state index >= 15 is 0 Å². The zero-order valence-corrected chi connectivity index (χ0v) is 19.7. The molecule has 0 bridgehead atoms. The molecule has 0 aromatic heterocycles. The van der Waals surface area contributed by atoms with Gasteiger partial charge in [-0.15, -0.1) is 0 Å². The summed E-state index contributed by atoms with van der Waals surface area (Å²) in [6, 6.07) is 0. The topological polar surface area (TPSA) is 129 Å². The zero-order valence-electron chi connectivity index (χ0n) is 16.9. The van der Waals surface area contributed by atoms with E-state index in [0.29, 0.717) is 0 Å². The molecular formula is C18H35NaO7S. The SMILES string of the molecule is O=C(O)CC(C(=O)O)S(=O)(=O)O.[CH2-]CCCCCCCCCCCCC.[Na+]. The maximum absolute atomic E-state index is 10.2. The fourth-order valence-corrected chi connectivity index (χ4v) is 2.93. The molecule has 0 aromatic rings. The summed E-state index contributed by atoms with van der Waals surface area (Å²) < 4.78 is 28.7. The van der Waals surface area contributed by atoms with Crippen LogP contribution in [0.5, 0.6) is 0 Å². The Morgan fingerprint density at radius 2 is 1.22 bits per heavy atom. The van der Waals surface area contributed by atoms with Gasteiger partial charge in [0.15, 0.2) is 5.25 Å². The van der Waals surface area contributed by atoms with Crippen molar-refractivity contribution in [2.45, 2.75) is 95.6 Å². The molecule has 0 saturated heterocycles. The molecule has 0 amide bonds. The number of aliphatic carboxylic acids is 2. The average molecular weight is 419 g/mol. The minimum absolute atomic E-state index is 0. The molecule has 0 saturated carbocycles. The van der Waals surface area contributed by atoms with Crippen LogP contribution in [0.2, 0.25) is 0 Å². The van der Waals surface area contributed by atoms with Crippen molar-refractivity contribution in [2.75, 3.05) is 0 Å². The van der Waals surface area contributed by atoms with Crippen molar-refractivity contribution in [2.24, 2.45) is 0 Å². The largest absolute Gasteiger partial charge is 1.00 e. The van der Waals surface area contributed by atoms with Gasteiger partial charge in [-0.05, 0) is 0 Å². The van der Waals surface area contributed by atoms with Crippen molar-refractivity contribution in [3.05, 3.63) is 6.92 Å². The minimum atomic E-state index is -4.84. The van der Waals surface area contributed by atoms with Gasteiger partial charge >= 0.3 is 41.5 Å². The summed E-state index contributed by atoms with van der Waals surface area (Å²) in [5.41, 5.74) is 0. The van der Waals surface area contributed by atoms with Crippen molar-refractivity contribution in [1.29, 1.82) is 0 Å². The first-order chi connectivity index (χ1) is 12.2. The predicted molar refractivity (Wildman–Crippen MR) is 102 cm³/mol. The quantitative estimate of drug-likeness (QED) is 0.158. The molecule has 27 heavy (non-hydrogen) atoms. The summed E-state index contributed by atoms with van der Waals surface area (Å²) >= 11 is 0. The van der Waals surface area contributed by atoms with Crippen LogP contribution in [0.25, 0.3) is 0 Å². The monoisotopic (exact) mass is 418 g/mol. The molecule has 156 valence electrons. The van der Waals surface area contributed by atoms with Crippen LogP contribution in [-0.4, -0.2) is 40.4 Å². The second-order valence-electron chi connectivity index (χ2n) is 6.33. The number of hydrogen-bond acceptors (Lipinski definition) is 4. The first-order valence-electron chi connectivity index (χ1n) is 9.36. The van der Waals surface area contributed by atoms with E-state index in [-0.39, 0.29) is 29.6 Å². The van der Waals surface area contributed by atoms with E-state index in [4.69, 9.17) is 14.8 Å². The molecule has 3 N–H and O–H groups in total. The van der Waals surface area contributed by atoms with E-state index < -0.39 is 33.7 Å². The summed E-state index contributed by atoms with van der Waals surface area (Å²) in [6.07, 6.45) is 15.7. The van der Waals surface area contributed by atoms with E-state index in [9.17, 15) is 18.0 Å². The normalized spacial score (nSPS) is 11.7. The molecule has 0 heterocycles. The van der Waals surface area contributed by atoms with Crippen molar-refractivity contribution < 1.29 is 62.3 Å². The second-order valence-corrected chi connectivity index (χ2v) is 7.93. The molecule has 0 radical (unpaired) electrons. The molecule has 0 rings (SSSR count). The Labute approximate surface area is 186 Å². The van der Waals surface area contributed by atoms with Crippen LogP contribution in [0.15, 0.2) is 0 Å². The molecule has 0 aliphatic heterocycles. The standard InChI is InChI=1S/C14H29.C4H6O7S.Na/c1-3-5-7-9-11-13-14-12-10-8-6-4-2;5-3(6)1-2(4(7)8)12(9,10)11;/h1,3-14H2,2H3;2H,1H2,(H,5,6)(H,7,8)(H,9,10,11);/q-1;;+1. The molecule has 0 aromatic carbocycles. The number of hydrogen-bond donors (Lipinski definition) is 3. The second kappa shape index (κ2) is 20.6. The fraction of sp³-hybridized carbons (Fsp3) is 0.833. The van der Waals surface area contributed by atoms with Gasteiger partial charge < -0.3 is 17.1 Å². The molecule has 1 unspecified atom stereocenters. The number of rotatable bonds is 15. The smallest absolute Gasteiger partial charge is 0.481 e. The number of unbranched alkanes of at least 4 members (excludes halogenated alkanes) is 11. The molecule has 0 spiro atoms. The Bertz CT molecular complexity index is 454. The summed E-state index contributed by atoms with van der Waals surface area (Å²) in [7, 11) is -4.84. The Kier molecular flexibility index (Phi) is 24.0. The summed E-state index contributed by atoms with van der Waals surface area (Å²) in [5.74, 6) is -3.50. The van der Waals surface area contributed by atoms with Gasteiger partial charge in [0.25, 0.3) is 10.1 Å². The Hall–Kier alpha value is -0.150. The van der Waals surface area contributed by atoms with Gasteiger partial charge in [-0.3, -0.25) is 14.1 Å². The summed E-state index contributed by atoms with van der Waals surface area (Å²) in [5, 5.41) is 13.9. The fourth-order valence-electron chi connectivity index (χ4n) is 2.32. The van der Waals surface area contributed by atoms with Crippen LogP contribution in [0.3, 0.4) is 0 Å². The van der Waals surface area contributed by atoms with Crippen LogP contribution in [0, 0.1) is 6.92 Å². The first kappa shape index (κ1) is 31.5. The maximum Gasteiger partial charge on any atom is 1.00 e. The van der Waals surface area contributed by atoms with Crippen LogP contribution < -0.4 is 29.6 Å². The van der Waals surface area contributed by atoms with E-state index in [0.717, 1.165) is 6.42 Å².